The number of rotatable bonds is 8. The lowest BCUT2D eigenvalue weighted by Crippen LogP contribution is -2.11. The van der Waals surface area contributed by atoms with Crippen molar-refractivity contribution >= 4 is 0 Å². The van der Waals surface area contributed by atoms with Crippen molar-refractivity contribution < 1.29 is 9.50 Å². The first-order chi connectivity index (χ1) is 8.24. The third kappa shape index (κ3) is 5.64. The molecular weight excluding hydrogens is 215 g/mol. The molecule has 0 radical (unpaired) electrons. The summed E-state index contributed by atoms with van der Waals surface area (Å²) in [4.78, 5) is 0. The van der Waals surface area contributed by atoms with Crippen molar-refractivity contribution in [3.63, 3.8) is 0 Å². The molecule has 0 amide bonds. The van der Waals surface area contributed by atoms with Gasteiger partial charge in [-0.2, -0.15) is 0 Å². The van der Waals surface area contributed by atoms with Crippen LogP contribution in [-0.4, -0.2) is 11.2 Å². The van der Waals surface area contributed by atoms with E-state index in [-0.39, 0.29) is 5.82 Å². The van der Waals surface area contributed by atoms with Crippen LogP contribution >= 0.6 is 0 Å². The third-order valence-electron chi connectivity index (χ3n) is 2.86. The zero-order valence-corrected chi connectivity index (χ0v) is 10.2. The van der Waals surface area contributed by atoms with Crippen LogP contribution in [0.25, 0.3) is 0 Å². The summed E-state index contributed by atoms with van der Waals surface area (Å²) in [7, 11) is 0. The summed E-state index contributed by atoms with van der Waals surface area (Å²) in [5.74, 6) is -0.224. The molecule has 1 aromatic carbocycles. The molecule has 0 heterocycles. The quantitative estimate of drug-likeness (QED) is 0.536. The summed E-state index contributed by atoms with van der Waals surface area (Å²) in [6.45, 7) is 3.67. The van der Waals surface area contributed by atoms with Crippen molar-refractivity contribution in [3.05, 3.63) is 48.3 Å². The Hall–Kier alpha value is -1.15. The summed E-state index contributed by atoms with van der Waals surface area (Å²) < 4.78 is 13.3. The Morgan fingerprint density at radius 2 is 2.00 bits per heavy atom. The lowest BCUT2D eigenvalue weighted by Gasteiger charge is -2.10. The van der Waals surface area contributed by atoms with Crippen molar-refractivity contribution in [1.29, 1.82) is 0 Å². The van der Waals surface area contributed by atoms with E-state index < -0.39 is 6.10 Å². The highest BCUT2D eigenvalue weighted by Crippen LogP contribution is 2.13. The van der Waals surface area contributed by atoms with E-state index in [9.17, 15) is 9.50 Å². The van der Waals surface area contributed by atoms with Gasteiger partial charge in [-0.05, 0) is 30.9 Å². The second-order valence-corrected chi connectivity index (χ2v) is 4.38. The second kappa shape index (κ2) is 8.02. The molecule has 1 unspecified atom stereocenters. The van der Waals surface area contributed by atoms with Gasteiger partial charge in [-0.3, -0.25) is 0 Å². The molecule has 0 fully saturated rings. The molecule has 1 nitrogen and oxygen atoms in total. The van der Waals surface area contributed by atoms with Gasteiger partial charge in [0.05, 0.1) is 6.10 Å². The van der Waals surface area contributed by atoms with Crippen molar-refractivity contribution in [3.8, 4) is 0 Å². The topological polar surface area (TPSA) is 20.2 Å². The van der Waals surface area contributed by atoms with Gasteiger partial charge < -0.3 is 5.11 Å². The lowest BCUT2D eigenvalue weighted by molar-refractivity contribution is 0.160. The van der Waals surface area contributed by atoms with Crippen LogP contribution in [0.15, 0.2) is 36.9 Å². The average Bonchev–Trinajstić information content (AvgIpc) is 2.32. The molecule has 0 aliphatic rings. The number of unbranched alkanes of at least 4 members (excludes halogenated alkanes) is 3. The maximum atomic E-state index is 13.3. The number of benzene rings is 1. The standard InChI is InChI=1S/C15H21FO/c1-2-3-4-5-6-10-14(17)12-13-9-7-8-11-15(13)16/h2,7-9,11,14,17H,1,3-6,10,12H2. The van der Waals surface area contributed by atoms with Crippen LogP contribution in [0.3, 0.4) is 0 Å². The lowest BCUT2D eigenvalue weighted by atomic mass is 10.0. The van der Waals surface area contributed by atoms with E-state index >= 15 is 0 Å². The van der Waals surface area contributed by atoms with Crippen molar-refractivity contribution in [2.45, 2.75) is 44.6 Å². The molecule has 0 spiro atoms. The van der Waals surface area contributed by atoms with Crippen LogP contribution in [0.2, 0.25) is 0 Å². The predicted molar refractivity (Wildman–Crippen MR) is 69.4 cm³/mol. The number of hydrogen-bond acceptors (Lipinski definition) is 1. The summed E-state index contributed by atoms with van der Waals surface area (Å²) in [5.41, 5.74) is 0.603. The number of allylic oxidation sites excluding steroid dienone is 1. The Morgan fingerprint density at radius 1 is 1.24 bits per heavy atom. The van der Waals surface area contributed by atoms with Gasteiger partial charge in [0.1, 0.15) is 5.82 Å². The molecule has 0 aromatic heterocycles. The average molecular weight is 236 g/mol. The maximum absolute atomic E-state index is 13.3. The number of aliphatic hydroxyl groups excluding tert-OH is 1. The Labute approximate surface area is 103 Å². The van der Waals surface area contributed by atoms with Crippen LogP contribution in [0, 0.1) is 5.82 Å². The molecule has 94 valence electrons. The van der Waals surface area contributed by atoms with Gasteiger partial charge in [0, 0.05) is 6.42 Å². The Kier molecular flexibility index (Phi) is 6.56. The monoisotopic (exact) mass is 236 g/mol. The fraction of sp³-hybridized carbons (Fsp3) is 0.467. The van der Waals surface area contributed by atoms with Gasteiger partial charge in [-0.15, -0.1) is 6.58 Å². The second-order valence-electron chi connectivity index (χ2n) is 4.38. The van der Waals surface area contributed by atoms with Crippen molar-refractivity contribution in [1.82, 2.24) is 0 Å². The fourth-order valence-corrected chi connectivity index (χ4v) is 1.87. The normalized spacial score (nSPS) is 12.4. The Balaban J connectivity index is 2.23. The van der Waals surface area contributed by atoms with E-state index in [4.69, 9.17) is 0 Å². The van der Waals surface area contributed by atoms with Crippen LogP contribution in [0.4, 0.5) is 4.39 Å². The zero-order valence-electron chi connectivity index (χ0n) is 10.2. The summed E-state index contributed by atoms with van der Waals surface area (Å²) >= 11 is 0. The minimum atomic E-state index is -0.435. The van der Waals surface area contributed by atoms with Gasteiger partial charge in [0.25, 0.3) is 0 Å². The number of halogens is 1. The highest BCUT2D eigenvalue weighted by molar-refractivity contribution is 5.17. The first-order valence-corrected chi connectivity index (χ1v) is 6.26. The van der Waals surface area contributed by atoms with E-state index in [1.807, 2.05) is 6.08 Å². The first kappa shape index (κ1) is 13.9. The predicted octanol–water partition coefficient (Wildman–Crippen LogP) is 3.87. The molecule has 1 atom stereocenters. The SMILES string of the molecule is C=CCCCCCC(O)Cc1ccccc1F. The smallest absolute Gasteiger partial charge is 0.126 e. The van der Waals surface area contributed by atoms with Crippen LogP contribution in [0.1, 0.15) is 37.7 Å². The molecule has 0 saturated carbocycles. The third-order valence-corrected chi connectivity index (χ3v) is 2.86. The van der Waals surface area contributed by atoms with Crippen LogP contribution in [-0.2, 0) is 6.42 Å². The van der Waals surface area contributed by atoms with E-state index in [0.29, 0.717) is 12.0 Å². The molecule has 0 aliphatic heterocycles. The first-order valence-electron chi connectivity index (χ1n) is 6.26. The molecular formula is C15H21FO. The van der Waals surface area contributed by atoms with Crippen molar-refractivity contribution in [2.75, 3.05) is 0 Å². The van der Waals surface area contributed by atoms with Crippen LogP contribution in [0.5, 0.6) is 0 Å². The Morgan fingerprint density at radius 3 is 2.71 bits per heavy atom. The molecule has 1 aromatic rings. The van der Waals surface area contributed by atoms with E-state index in [2.05, 4.69) is 6.58 Å². The minimum Gasteiger partial charge on any atom is -0.393 e. The minimum absolute atomic E-state index is 0.224. The van der Waals surface area contributed by atoms with Crippen LogP contribution < -0.4 is 0 Å². The van der Waals surface area contributed by atoms with Gasteiger partial charge >= 0.3 is 0 Å². The zero-order chi connectivity index (χ0) is 12.5. The molecule has 0 bridgehead atoms. The summed E-state index contributed by atoms with van der Waals surface area (Å²) in [6.07, 6.45) is 6.87. The van der Waals surface area contributed by atoms with E-state index in [1.165, 1.54) is 6.07 Å². The molecule has 0 aliphatic carbocycles. The Bertz CT molecular complexity index is 335. The van der Waals surface area contributed by atoms with Crippen molar-refractivity contribution in [2.24, 2.45) is 0 Å². The van der Waals surface area contributed by atoms with Gasteiger partial charge in [-0.1, -0.05) is 37.1 Å². The summed E-state index contributed by atoms with van der Waals surface area (Å²) in [6, 6.07) is 6.64. The fourth-order valence-electron chi connectivity index (χ4n) is 1.87. The molecule has 2 heteroatoms. The molecule has 17 heavy (non-hydrogen) atoms. The molecule has 1 rings (SSSR count). The van der Waals surface area contributed by atoms with Gasteiger partial charge in [-0.25, -0.2) is 4.39 Å². The molecule has 0 saturated heterocycles. The highest BCUT2D eigenvalue weighted by Gasteiger charge is 2.08. The number of hydrogen-bond donors (Lipinski definition) is 1. The largest absolute Gasteiger partial charge is 0.393 e. The maximum Gasteiger partial charge on any atom is 0.126 e. The summed E-state index contributed by atoms with van der Waals surface area (Å²) in [5, 5.41) is 9.80. The van der Waals surface area contributed by atoms with Gasteiger partial charge in [0.2, 0.25) is 0 Å². The van der Waals surface area contributed by atoms with E-state index in [1.54, 1.807) is 18.2 Å². The highest BCUT2D eigenvalue weighted by atomic mass is 19.1. The van der Waals surface area contributed by atoms with Gasteiger partial charge in [0.15, 0.2) is 0 Å². The molecule has 1 N–H and O–H groups in total. The van der Waals surface area contributed by atoms with E-state index in [0.717, 1.165) is 32.1 Å². The number of aliphatic hydroxyl groups is 1.